The van der Waals surface area contributed by atoms with Crippen molar-refractivity contribution in [3.63, 3.8) is 0 Å². The third-order valence-electron chi connectivity index (χ3n) is 4.88. The maximum absolute atomic E-state index is 5.79. The molecule has 152 valence electrons. The van der Waals surface area contributed by atoms with E-state index in [1.54, 1.807) is 7.11 Å². The van der Waals surface area contributed by atoms with Crippen LogP contribution in [-0.2, 0) is 24.4 Å². The summed E-state index contributed by atoms with van der Waals surface area (Å²) in [5.41, 5.74) is 3.84. The molecule has 0 saturated carbocycles. The Balaban J connectivity index is 1.47. The number of nitrogens with zero attached hydrogens (tertiary/aromatic N) is 1. The molecule has 2 aromatic carbocycles. The Morgan fingerprint density at radius 1 is 0.929 bits per heavy atom. The van der Waals surface area contributed by atoms with Crippen LogP contribution in [0.1, 0.15) is 30.0 Å². The van der Waals surface area contributed by atoms with Gasteiger partial charge in [-0.25, -0.2) is 0 Å². The van der Waals surface area contributed by atoms with Crippen molar-refractivity contribution in [3.8, 4) is 11.5 Å². The first-order valence-corrected chi connectivity index (χ1v) is 10.2. The van der Waals surface area contributed by atoms with Crippen molar-refractivity contribution in [2.45, 2.75) is 33.0 Å². The Bertz CT molecular complexity index is 712. The minimum absolute atomic E-state index is 0.698. The van der Waals surface area contributed by atoms with Gasteiger partial charge < -0.3 is 19.5 Å². The molecular weight excluding hydrogens is 352 g/mol. The highest BCUT2D eigenvalue weighted by atomic mass is 16.5. The minimum Gasteiger partial charge on any atom is -0.493 e. The SMILES string of the molecule is CCCOc1cc(CNCc2ccc(CN3CCOCC3)cc2)ccc1OC. The first kappa shape index (κ1) is 20.6. The van der Waals surface area contributed by atoms with Crippen LogP contribution in [-0.4, -0.2) is 44.9 Å². The third-order valence-corrected chi connectivity index (χ3v) is 4.88. The van der Waals surface area contributed by atoms with Gasteiger partial charge in [0.15, 0.2) is 11.5 Å². The van der Waals surface area contributed by atoms with E-state index >= 15 is 0 Å². The molecule has 28 heavy (non-hydrogen) atoms. The highest BCUT2D eigenvalue weighted by Crippen LogP contribution is 2.28. The lowest BCUT2D eigenvalue weighted by Crippen LogP contribution is -2.35. The Kier molecular flexibility index (Phi) is 8.15. The molecular formula is C23H32N2O3. The molecule has 1 heterocycles. The number of ether oxygens (including phenoxy) is 3. The van der Waals surface area contributed by atoms with E-state index in [0.29, 0.717) is 6.61 Å². The van der Waals surface area contributed by atoms with E-state index in [2.05, 4.69) is 53.5 Å². The zero-order valence-electron chi connectivity index (χ0n) is 17.1. The van der Waals surface area contributed by atoms with Crippen LogP contribution in [0.25, 0.3) is 0 Å². The van der Waals surface area contributed by atoms with Crippen molar-refractivity contribution < 1.29 is 14.2 Å². The van der Waals surface area contributed by atoms with Crippen LogP contribution in [0, 0.1) is 0 Å². The number of rotatable bonds is 10. The van der Waals surface area contributed by atoms with Crippen LogP contribution in [0.15, 0.2) is 42.5 Å². The van der Waals surface area contributed by atoms with Gasteiger partial charge in [0.2, 0.25) is 0 Å². The maximum Gasteiger partial charge on any atom is 0.161 e. The van der Waals surface area contributed by atoms with Crippen molar-refractivity contribution >= 4 is 0 Å². The van der Waals surface area contributed by atoms with E-state index in [4.69, 9.17) is 14.2 Å². The molecule has 0 spiro atoms. The molecule has 2 aromatic rings. The van der Waals surface area contributed by atoms with Crippen molar-refractivity contribution in [3.05, 3.63) is 59.2 Å². The molecule has 0 aromatic heterocycles. The monoisotopic (exact) mass is 384 g/mol. The zero-order valence-corrected chi connectivity index (χ0v) is 17.1. The van der Waals surface area contributed by atoms with Crippen molar-refractivity contribution in [2.75, 3.05) is 40.0 Å². The molecule has 1 aliphatic heterocycles. The lowest BCUT2D eigenvalue weighted by atomic mass is 10.1. The average molecular weight is 385 g/mol. The molecule has 5 heteroatoms. The Morgan fingerprint density at radius 3 is 2.32 bits per heavy atom. The van der Waals surface area contributed by atoms with Crippen LogP contribution in [0.3, 0.4) is 0 Å². The van der Waals surface area contributed by atoms with Crippen molar-refractivity contribution in [1.82, 2.24) is 10.2 Å². The second kappa shape index (κ2) is 11.1. The molecule has 0 unspecified atom stereocenters. The summed E-state index contributed by atoms with van der Waals surface area (Å²) < 4.78 is 16.6. The molecule has 0 radical (unpaired) electrons. The highest BCUT2D eigenvalue weighted by molar-refractivity contribution is 5.43. The Hall–Kier alpha value is -2.08. The van der Waals surface area contributed by atoms with Crippen LogP contribution < -0.4 is 14.8 Å². The maximum atomic E-state index is 5.79. The predicted octanol–water partition coefficient (Wildman–Crippen LogP) is 3.61. The van der Waals surface area contributed by atoms with E-state index in [-0.39, 0.29) is 0 Å². The standard InChI is InChI=1S/C23H32N2O3/c1-3-12-28-23-15-21(8-9-22(23)26-2)17-24-16-19-4-6-20(7-5-19)18-25-10-13-27-14-11-25/h4-9,15,24H,3,10-14,16-18H2,1-2H3. The van der Waals surface area contributed by atoms with Gasteiger partial charge in [0.25, 0.3) is 0 Å². The normalized spacial score (nSPS) is 14.8. The van der Waals surface area contributed by atoms with Gasteiger partial charge in [-0.2, -0.15) is 0 Å². The molecule has 1 N–H and O–H groups in total. The van der Waals surface area contributed by atoms with Crippen LogP contribution in [0.5, 0.6) is 11.5 Å². The minimum atomic E-state index is 0.698. The zero-order chi connectivity index (χ0) is 19.6. The van der Waals surface area contributed by atoms with E-state index in [1.165, 1.54) is 16.7 Å². The second-order valence-corrected chi connectivity index (χ2v) is 7.14. The number of nitrogens with one attached hydrogen (secondary N) is 1. The summed E-state index contributed by atoms with van der Waals surface area (Å²) >= 11 is 0. The summed E-state index contributed by atoms with van der Waals surface area (Å²) in [7, 11) is 1.68. The smallest absolute Gasteiger partial charge is 0.161 e. The highest BCUT2D eigenvalue weighted by Gasteiger charge is 2.10. The summed E-state index contributed by atoms with van der Waals surface area (Å²) in [5.74, 6) is 1.60. The van der Waals surface area contributed by atoms with Gasteiger partial charge in [0.1, 0.15) is 0 Å². The van der Waals surface area contributed by atoms with Crippen LogP contribution >= 0.6 is 0 Å². The van der Waals surface area contributed by atoms with Gasteiger partial charge >= 0.3 is 0 Å². The lowest BCUT2D eigenvalue weighted by Gasteiger charge is -2.26. The Labute approximate surface area is 168 Å². The quantitative estimate of drug-likeness (QED) is 0.678. The fourth-order valence-corrected chi connectivity index (χ4v) is 3.29. The lowest BCUT2D eigenvalue weighted by molar-refractivity contribution is 0.0342. The number of methoxy groups -OCH3 is 1. The summed E-state index contributed by atoms with van der Waals surface area (Å²) in [4.78, 5) is 2.44. The molecule has 1 fully saturated rings. The summed E-state index contributed by atoms with van der Waals surface area (Å²) in [6.07, 6.45) is 0.979. The first-order valence-electron chi connectivity index (χ1n) is 10.2. The molecule has 0 aliphatic carbocycles. The number of benzene rings is 2. The van der Waals surface area contributed by atoms with E-state index < -0.39 is 0 Å². The third kappa shape index (κ3) is 6.23. The first-order chi connectivity index (χ1) is 13.8. The fraction of sp³-hybridized carbons (Fsp3) is 0.478. The molecule has 0 amide bonds. The predicted molar refractivity (Wildman–Crippen MR) is 112 cm³/mol. The topological polar surface area (TPSA) is 43.0 Å². The molecule has 1 aliphatic rings. The molecule has 0 bridgehead atoms. The van der Waals surface area contributed by atoms with Gasteiger partial charge in [-0.15, -0.1) is 0 Å². The molecule has 5 nitrogen and oxygen atoms in total. The van der Waals surface area contributed by atoms with Crippen LogP contribution in [0.2, 0.25) is 0 Å². The fourth-order valence-electron chi connectivity index (χ4n) is 3.29. The number of morpholine rings is 1. The van der Waals surface area contributed by atoms with Crippen molar-refractivity contribution in [2.24, 2.45) is 0 Å². The van der Waals surface area contributed by atoms with Gasteiger partial charge in [0, 0.05) is 32.7 Å². The van der Waals surface area contributed by atoms with E-state index in [9.17, 15) is 0 Å². The van der Waals surface area contributed by atoms with Crippen molar-refractivity contribution in [1.29, 1.82) is 0 Å². The molecule has 3 rings (SSSR count). The van der Waals surface area contributed by atoms with Gasteiger partial charge in [-0.05, 0) is 35.2 Å². The van der Waals surface area contributed by atoms with E-state index in [0.717, 1.165) is 63.9 Å². The number of hydrogen-bond acceptors (Lipinski definition) is 5. The van der Waals surface area contributed by atoms with Gasteiger partial charge in [0.05, 0.1) is 26.9 Å². The summed E-state index contributed by atoms with van der Waals surface area (Å²) in [6, 6.07) is 15.0. The average Bonchev–Trinajstić information content (AvgIpc) is 2.74. The second-order valence-electron chi connectivity index (χ2n) is 7.14. The summed E-state index contributed by atoms with van der Waals surface area (Å²) in [6.45, 7) is 9.18. The summed E-state index contributed by atoms with van der Waals surface area (Å²) in [5, 5.41) is 3.52. The van der Waals surface area contributed by atoms with Gasteiger partial charge in [-0.3, -0.25) is 4.90 Å². The largest absolute Gasteiger partial charge is 0.493 e. The molecule has 1 saturated heterocycles. The van der Waals surface area contributed by atoms with Crippen LogP contribution in [0.4, 0.5) is 0 Å². The van der Waals surface area contributed by atoms with E-state index in [1.807, 2.05) is 6.07 Å². The van der Waals surface area contributed by atoms with Gasteiger partial charge in [-0.1, -0.05) is 37.3 Å². The molecule has 0 atom stereocenters. The Morgan fingerprint density at radius 2 is 1.61 bits per heavy atom. The number of hydrogen-bond donors (Lipinski definition) is 1.